The number of β-amino-alcohol motifs (C(OH)–C–C–N with tert-alkyl or cyclic N) is 1. The van der Waals surface area contributed by atoms with Crippen molar-refractivity contribution < 1.29 is 23.0 Å². The Kier molecular flexibility index (Phi) is 6.16. The first kappa shape index (κ1) is 21.0. The van der Waals surface area contributed by atoms with Crippen LogP contribution in [0.2, 0.25) is 0 Å². The van der Waals surface area contributed by atoms with Gasteiger partial charge in [0.15, 0.2) is 11.5 Å². The third-order valence-corrected chi connectivity index (χ3v) is 5.43. The van der Waals surface area contributed by atoms with E-state index in [1.54, 1.807) is 18.2 Å². The Labute approximate surface area is 172 Å². The predicted molar refractivity (Wildman–Crippen MR) is 104 cm³/mol. The number of hydrogen-bond acceptors (Lipinski definition) is 7. The molecule has 4 rings (SSSR count). The Bertz CT molecular complexity index is 838. The number of anilines is 1. The summed E-state index contributed by atoms with van der Waals surface area (Å²) in [6, 6.07) is 5.94. The van der Waals surface area contributed by atoms with Crippen molar-refractivity contribution in [3.63, 3.8) is 0 Å². The number of halogens is 3. The van der Waals surface area contributed by atoms with E-state index in [1.165, 1.54) is 6.20 Å². The summed E-state index contributed by atoms with van der Waals surface area (Å²) in [5, 5.41) is 10.3. The van der Waals surface area contributed by atoms with Gasteiger partial charge in [-0.05, 0) is 25.0 Å². The Hall–Kier alpha value is -2.30. The van der Waals surface area contributed by atoms with E-state index in [0.29, 0.717) is 45.0 Å². The zero-order valence-electron chi connectivity index (χ0n) is 16.4. The molecule has 0 aliphatic carbocycles. The number of rotatable bonds is 5. The van der Waals surface area contributed by atoms with Crippen LogP contribution in [-0.4, -0.2) is 76.5 Å². The van der Waals surface area contributed by atoms with Crippen LogP contribution in [0.3, 0.4) is 0 Å². The third-order valence-electron chi connectivity index (χ3n) is 5.43. The van der Waals surface area contributed by atoms with Gasteiger partial charge in [-0.25, -0.2) is 9.97 Å². The van der Waals surface area contributed by atoms with E-state index in [-0.39, 0.29) is 17.7 Å². The van der Waals surface area contributed by atoms with E-state index in [2.05, 4.69) is 19.9 Å². The maximum absolute atomic E-state index is 13.4. The van der Waals surface area contributed by atoms with Gasteiger partial charge in [0, 0.05) is 51.6 Å². The number of ether oxygens (including phenoxy) is 1. The van der Waals surface area contributed by atoms with Crippen LogP contribution in [0.25, 0.3) is 11.5 Å². The smallest absolute Gasteiger partial charge is 0.389 e. The molecule has 2 aromatic heterocycles. The van der Waals surface area contributed by atoms with Gasteiger partial charge in [-0.15, -0.1) is 0 Å². The lowest BCUT2D eigenvalue weighted by Gasteiger charge is -2.37. The van der Waals surface area contributed by atoms with Crippen molar-refractivity contribution in [3.8, 4) is 11.5 Å². The van der Waals surface area contributed by atoms with Gasteiger partial charge in [-0.2, -0.15) is 13.2 Å². The van der Waals surface area contributed by atoms with E-state index < -0.39 is 18.0 Å². The topological polar surface area (TPSA) is 74.6 Å². The summed E-state index contributed by atoms with van der Waals surface area (Å²) < 4.78 is 45.8. The van der Waals surface area contributed by atoms with Crippen LogP contribution in [0.5, 0.6) is 0 Å². The molecule has 162 valence electrons. The minimum atomic E-state index is -4.57. The van der Waals surface area contributed by atoms with Gasteiger partial charge in [0.05, 0.1) is 12.2 Å². The number of piperazine rings is 1. The van der Waals surface area contributed by atoms with E-state index in [4.69, 9.17) is 4.74 Å². The fraction of sp³-hybridized carbons (Fsp3) is 0.550. The van der Waals surface area contributed by atoms with Crippen molar-refractivity contribution in [2.24, 2.45) is 0 Å². The highest BCUT2D eigenvalue weighted by Gasteiger charge is 2.35. The summed E-state index contributed by atoms with van der Waals surface area (Å²) in [6.45, 7) is 3.43. The van der Waals surface area contributed by atoms with Gasteiger partial charge in [0.25, 0.3) is 0 Å². The second-order valence-corrected chi connectivity index (χ2v) is 7.55. The molecular weight excluding hydrogens is 399 g/mol. The lowest BCUT2D eigenvalue weighted by atomic mass is 10.1. The first-order valence-corrected chi connectivity index (χ1v) is 10.0. The van der Waals surface area contributed by atoms with Crippen LogP contribution in [-0.2, 0) is 10.9 Å². The third kappa shape index (κ3) is 4.88. The molecule has 2 aromatic rings. The van der Waals surface area contributed by atoms with Crippen LogP contribution in [0, 0.1) is 0 Å². The van der Waals surface area contributed by atoms with Crippen molar-refractivity contribution in [1.82, 2.24) is 19.9 Å². The summed E-state index contributed by atoms with van der Waals surface area (Å²) in [5.74, 6) is 0.189. The Balaban J connectivity index is 1.47. The van der Waals surface area contributed by atoms with Crippen LogP contribution in [0.15, 0.2) is 30.5 Å². The number of nitrogens with zero attached hydrogens (tertiary/aromatic N) is 5. The summed E-state index contributed by atoms with van der Waals surface area (Å²) in [4.78, 5) is 16.0. The molecular formula is C20H24F3N5O2. The SMILES string of the molecule is O[C@H](CN1CCN(c2cc(C(F)(F)F)nc(-c3ccccn3)n2)CC1)[C@H]1CCCO1. The minimum Gasteiger partial charge on any atom is -0.389 e. The second-order valence-electron chi connectivity index (χ2n) is 7.55. The van der Waals surface area contributed by atoms with Crippen molar-refractivity contribution in [2.75, 3.05) is 44.2 Å². The average Bonchev–Trinajstić information content (AvgIpc) is 3.29. The molecule has 7 nitrogen and oxygen atoms in total. The number of hydrogen-bond donors (Lipinski definition) is 1. The highest BCUT2D eigenvalue weighted by atomic mass is 19.4. The summed E-state index contributed by atoms with van der Waals surface area (Å²) in [5.41, 5.74) is -0.687. The fourth-order valence-electron chi connectivity index (χ4n) is 3.80. The van der Waals surface area contributed by atoms with Gasteiger partial charge in [0.2, 0.25) is 0 Å². The quantitative estimate of drug-likeness (QED) is 0.791. The predicted octanol–water partition coefficient (Wildman–Crippen LogP) is 2.22. The number of alkyl halides is 3. The molecule has 2 atom stereocenters. The lowest BCUT2D eigenvalue weighted by Crippen LogP contribution is -2.50. The normalized spacial score (nSPS) is 21.7. The fourth-order valence-corrected chi connectivity index (χ4v) is 3.80. The van der Waals surface area contributed by atoms with E-state index in [0.717, 1.165) is 18.9 Å². The van der Waals surface area contributed by atoms with Crippen molar-refractivity contribution in [2.45, 2.75) is 31.2 Å². The summed E-state index contributed by atoms with van der Waals surface area (Å²) in [7, 11) is 0. The van der Waals surface area contributed by atoms with Crippen molar-refractivity contribution >= 4 is 5.82 Å². The molecule has 2 aliphatic heterocycles. The number of aromatic nitrogens is 3. The first-order chi connectivity index (χ1) is 14.4. The average molecular weight is 423 g/mol. The van der Waals surface area contributed by atoms with E-state index >= 15 is 0 Å². The second kappa shape index (κ2) is 8.83. The monoisotopic (exact) mass is 423 g/mol. The number of aliphatic hydroxyl groups excluding tert-OH is 1. The van der Waals surface area contributed by atoms with E-state index in [9.17, 15) is 18.3 Å². The van der Waals surface area contributed by atoms with Gasteiger partial charge in [0.1, 0.15) is 11.5 Å². The number of aliphatic hydroxyl groups is 1. The van der Waals surface area contributed by atoms with Crippen molar-refractivity contribution in [1.29, 1.82) is 0 Å². The highest BCUT2D eigenvalue weighted by Crippen LogP contribution is 2.31. The van der Waals surface area contributed by atoms with Crippen LogP contribution < -0.4 is 4.90 Å². The lowest BCUT2D eigenvalue weighted by molar-refractivity contribution is -0.141. The minimum absolute atomic E-state index is 0.0448. The Morgan fingerprint density at radius 3 is 2.60 bits per heavy atom. The van der Waals surface area contributed by atoms with Gasteiger partial charge in [-0.1, -0.05) is 6.07 Å². The molecule has 0 unspecified atom stereocenters. The first-order valence-electron chi connectivity index (χ1n) is 10.0. The molecule has 30 heavy (non-hydrogen) atoms. The molecule has 2 saturated heterocycles. The molecule has 0 radical (unpaired) electrons. The molecule has 0 saturated carbocycles. The molecule has 2 aliphatic rings. The highest BCUT2D eigenvalue weighted by molar-refractivity contribution is 5.54. The molecule has 0 amide bonds. The molecule has 10 heteroatoms. The summed E-state index contributed by atoms with van der Waals surface area (Å²) >= 11 is 0. The van der Waals surface area contributed by atoms with Crippen LogP contribution in [0.4, 0.5) is 19.0 Å². The molecule has 2 fully saturated rings. The van der Waals surface area contributed by atoms with Crippen LogP contribution >= 0.6 is 0 Å². The maximum Gasteiger partial charge on any atom is 0.433 e. The van der Waals surface area contributed by atoms with Gasteiger partial charge < -0.3 is 14.7 Å². The standard InChI is InChI=1S/C20H24F3N5O2/c21-20(22,23)17-12-18(26-19(25-17)14-4-1-2-6-24-14)28-9-7-27(8-10-28)13-15(29)16-5-3-11-30-16/h1-2,4,6,12,15-16,29H,3,5,7-11,13H2/t15-,16-/m1/s1. The van der Waals surface area contributed by atoms with Gasteiger partial charge in [-0.3, -0.25) is 9.88 Å². The number of pyridine rings is 1. The zero-order chi connectivity index (χ0) is 21.1. The van der Waals surface area contributed by atoms with Crippen molar-refractivity contribution in [3.05, 3.63) is 36.2 Å². The molecule has 0 bridgehead atoms. The van der Waals surface area contributed by atoms with Gasteiger partial charge >= 0.3 is 6.18 Å². The Morgan fingerprint density at radius 1 is 1.17 bits per heavy atom. The zero-order valence-corrected chi connectivity index (χ0v) is 16.4. The molecule has 0 spiro atoms. The van der Waals surface area contributed by atoms with Crippen LogP contribution in [0.1, 0.15) is 18.5 Å². The largest absolute Gasteiger partial charge is 0.433 e. The Morgan fingerprint density at radius 2 is 1.97 bits per heavy atom. The maximum atomic E-state index is 13.4. The summed E-state index contributed by atoms with van der Waals surface area (Å²) in [6.07, 6.45) is -1.93. The van der Waals surface area contributed by atoms with E-state index in [1.807, 2.05) is 4.90 Å². The molecule has 1 N–H and O–H groups in total. The molecule has 4 heterocycles. The molecule has 0 aromatic carbocycles.